The van der Waals surface area contributed by atoms with Crippen LogP contribution in [0.4, 0.5) is 27.1 Å². The number of hydrogen-bond acceptors (Lipinski definition) is 12. The van der Waals surface area contributed by atoms with Crippen molar-refractivity contribution in [3.8, 4) is 11.8 Å². The Morgan fingerprint density at radius 1 is 0.716 bits per heavy atom. The zero-order valence-electron chi connectivity index (χ0n) is 53.4. The van der Waals surface area contributed by atoms with Crippen LogP contribution in [0.1, 0.15) is 113 Å². The first-order valence-corrected chi connectivity index (χ1v) is 37.7. The second-order valence-corrected chi connectivity index (χ2v) is 31.5. The van der Waals surface area contributed by atoms with Crippen LogP contribution >= 0.6 is 0 Å². The number of amides is 2. The summed E-state index contributed by atoms with van der Waals surface area (Å²) >= 11 is 0. The molecule has 0 saturated carbocycles. The number of para-hydroxylation sites is 1. The van der Waals surface area contributed by atoms with Gasteiger partial charge >= 0.3 is 0 Å². The largest absolute Gasteiger partial charge is 0.371 e. The lowest BCUT2D eigenvalue weighted by Gasteiger charge is -2.30. The van der Waals surface area contributed by atoms with Crippen LogP contribution in [0.3, 0.4) is 0 Å². The fourth-order valence-electron chi connectivity index (χ4n) is 13.6. The van der Waals surface area contributed by atoms with E-state index in [1.165, 1.54) is 18.2 Å². The van der Waals surface area contributed by atoms with Gasteiger partial charge in [0.1, 0.15) is 12.4 Å². The van der Waals surface area contributed by atoms with Gasteiger partial charge in [-0.1, -0.05) is 99.4 Å². The molecule has 0 fully saturated rings. The number of nitrogens with zero attached hydrogens (tertiary/aromatic N) is 4. The number of nitrogens with one attached hydrogen (secondary N) is 1. The van der Waals surface area contributed by atoms with Gasteiger partial charge < -0.3 is 20.0 Å². The molecule has 24 heteroatoms. The van der Waals surface area contributed by atoms with E-state index >= 15 is 9.18 Å². The highest BCUT2D eigenvalue weighted by Crippen LogP contribution is 2.51. The first-order chi connectivity index (χ1) is 44.8. The summed E-state index contributed by atoms with van der Waals surface area (Å²) in [7, 11) is -17.7. The van der Waals surface area contributed by atoms with Gasteiger partial charge in [-0.05, 0) is 151 Å². The van der Waals surface area contributed by atoms with Crippen LogP contribution in [-0.4, -0.2) is 124 Å². The van der Waals surface area contributed by atoms with Gasteiger partial charge in [0.25, 0.3) is 40.5 Å². The molecule has 6 aromatic carbocycles. The minimum absolute atomic E-state index is 0.0226. The first-order valence-electron chi connectivity index (χ1n) is 31.4. The predicted molar refractivity (Wildman–Crippen MR) is 368 cm³/mol. The molecule has 95 heavy (non-hydrogen) atoms. The smallest absolute Gasteiger partial charge is 0.294 e. The summed E-state index contributed by atoms with van der Waals surface area (Å²) in [6.07, 6.45) is 8.37. The molecular formula is C71H77FN5O14S4+. The van der Waals surface area contributed by atoms with Gasteiger partial charge in [0, 0.05) is 102 Å². The Bertz CT molecular complexity index is 4740. The summed E-state index contributed by atoms with van der Waals surface area (Å²) in [5, 5.41) is 4.24. The second-order valence-electron chi connectivity index (χ2n) is 25.4. The maximum absolute atomic E-state index is 16.9. The number of anilines is 3. The highest BCUT2D eigenvalue weighted by Gasteiger charge is 2.46. The molecule has 1 unspecified atom stereocenters. The minimum Gasteiger partial charge on any atom is -0.371 e. The van der Waals surface area contributed by atoms with E-state index in [4.69, 9.17) is 0 Å². The third kappa shape index (κ3) is 15.9. The molecule has 1 atom stereocenters. The number of benzene rings is 6. The Hall–Kier alpha value is -8.12. The highest BCUT2D eigenvalue weighted by molar-refractivity contribution is 7.86. The summed E-state index contributed by atoms with van der Waals surface area (Å²) in [4.78, 5) is 34.9. The number of carbonyl (C=O) groups is 2. The molecule has 0 bridgehead atoms. The average Bonchev–Trinajstić information content (AvgIpc) is 1.59. The normalized spacial score (nSPS) is 17.7. The topological polar surface area (TPSA) is 276 Å². The van der Waals surface area contributed by atoms with Crippen molar-refractivity contribution in [3.05, 3.63) is 202 Å². The molecule has 19 nitrogen and oxygen atoms in total. The molecule has 0 saturated heterocycles. The lowest BCUT2D eigenvalue weighted by molar-refractivity contribution is -0.437. The Balaban J connectivity index is 1.08. The standard InChI is InChI=1S/C71H76FN5O14S4/c1-6-36-75-62-31-28-55(74(37-13-40-92(80,81)82)38-14-41-93(83,84)85)45-59(62)70(2,3)64(75)32-26-51-43-54(69(79)73-35-34-66(78)77-47-53-18-8-7-16-48(53)22-23-50-17-9-12-21-61(50)77)44-52(67(51)57-19-10-11-20-60(57)72)27-33-65-71(4,5)68-58-46-56(95(89,90)91)29-24-49(58)25-30-63(68)76(65)39-15-42-94(86,87)88/h7-12,16-21,24-33,45-46,54H,6,13-15,34-44,47H2,1-5H3,(H4-,73,79,80,81,82,83,84,85,86,87,88,89,90,91)/p+1. The van der Waals surface area contributed by atoms with Gasteiger partial charge in [-0.15, -0.1) is 0 Å². The Kier molecular flexibility index (Phi) is 20.5. The van der Waals surface area contributed by atoms with Crippen LogP contribution < -0.4 is 20.0 Å². The molecule has 1 aliphatic carbocycles. The monoisotopic (exact) mass is 1370 g/mol. The van der Waals surface area contributed by atoms with E-state index in [-0.39, 0.29) is 93.5 Å². The molecule has 0 radical (unpaired) electrons. The van der Waals surface area contributed by atoms with E-state index in [0.717, 1.165) is 28.1 Å². The van der Waals surface area contributed by atoms with Gasteiger partial charge in [-0.25, -0.2) is 4.39 Å². The van der Waals surface area contributed by atoms with E-state index in [9.17, 15) is 56.7 Å². The van der Waals surface area contributed by atoms with Crippen LogP contribution in [0.5, 0.6) is 0 Å². The molecule has 2 amide bonds. The van der Waals surface area contributed by atoms with Crippen LogP contribution in [0.15, 0.2) is 167 Å². The van der Waals surface area contributed by atoms with E-state index < -0.39 is 80.3 Å². The van der Waals surface area contributed by atoms with Gasteiger partial charge in [-0.3, -0.25) is 27.8 Å². The second kappa shape index (κ2) is 27.9. The van der Waals surface area contributed by atoms with Crippen molar-refractivity contribution < 1.29 is 70.4 Å². The summed E-state index contributed by atoms with van der Waals surface area (Å²) in [6, 6.07) is 35.0. The summed E-state index contributed by atoms with van der Waals surface area (Å²) in [5.74, 6) is 2.85. The number of fused-ring (bicyclic) bond motifs is 6. The van der Waals surface area contributed by atoms with E-state index in [1.54, 1.807) is 35.2 Å². The molecular weight excluding hydrogens is 1290 g/mol. The Labute approximate surface area is 555 Å². The summed E-state index contributed by atoms with van der Waals surface area (Å²) < 4.78 is 155. The average molecular weight is 1370 g/mol. The minimum atomic E-state index is -4.66. The number of hydrogen-bond donors (Lipinski definition) is 5. The maximum Gasteiger partial charge on any atom is 0.294 e. The van der Waals surface area contributed by atoms with Crippen molar-refractivity contribution in [3.63, 3.8) is 0 Å². The number of rotatable bonds is 24. The fraction of sp³-hybridized carbons (Fsp3) is 0.338. The summed E-state index contributed by atoms with van der Waals surface area (Å²) in [5.41, 5.74) is 8.20. The summed E-state index contributed by atoms with van der Waals surface area (Å²) in [6.45, 7) is 11.1. The maximum atomic E-state index is 16.9. The molecule has 6 aromatic rings. The first kappa shape index (κ1) is 69.7. The van der Waals surface area contributed by atoms with Crippen LogP contribution in [0.25, 0.3) is 16.3 Å². The molecule has 3 aliphatic heterocycles. The third-order valence-electron chi connectivity index (χ3n) is 18.0. The molecule has 500 valence electrons. The van der Waals surface area contributed by atoms with Crippen LogP contribution in [0.2, 0.25) is 0 Å². The van der Waals surface area contributed by atoms with Crippen molar-refractivity contribution in [2.24, 2.45) is 5.92 Å². The van der Waals surface area contributed by atoms with Gasteiger partial charge in [-0.2, -0.15) is 38.2 Å². The van der Waals surface area contributed by atoms with Crippen molar-refractivity contribution in [2.45, 2.75) is 102 Å². The number of allylic oxidation sites excluding steroid dienone is 8. The molecule has 5 N–H and O–H groups in total. The van der Waals surface area contributed by atoms with Crippen molar-refractivity contribution in [1.82, 2.24) is 5.32 Å². The number of halogens is 1. The van der Waals surface area contributed by atoms with Crippen LogP contribution in [-0.2, 0) is 67.4 Å². The van der Waals surface area contributed by atoms with Gasteiger partial charge in [0.15, 0.2) is 5.71 Å². The van der Waals surface area contributed by atoms with E-state index in [2.05, 4.69) is 22.1 Å². The molecule has 10 rings (SSSR count). The zero-order chi connectivity index (χ0) is 68.4. The highest BCUT2D eigenvalue weighted by atomic mass is 32.2. The Morgan fingerprint density at radius 3 is 2.04 bits per heavy atom. The van der Waals surface area contributed by atoms with Crippen molar-refractivity contribution >= 4 is 97.1 Å². The van der Waals surface area contributed by atoms with Gasteiger partial charge in [0.2, 0.25) is 17.5 Å². The Morgan fingerprint density at radius 2 is 1.36 bits per heavy atom. The van der Waals surface area contributed by atoms with Crippen LogP contribution in [0, 0.1) is 23.6 Å². The third-order valence-corrected chi connectivity index (χ3v) is 21.3. The molecule has 4 aliphatic rings. The zero-order valence-corrected chi connectivity index (χ0v) is 56.7. The molecule has 0 spiro atoms. The number of carbonyl (C=O) groups excluding carboxylic acids is 2. The van der Waals surface area contributed by atoms with Crippen molar-refractivity contribution in [1.29, 1.82) is 0 Å². The lowest BCUT2D eigenvalue weighted by Crippen LogP contribution is -2.37. The van der Waals surface area contributed by atoms with E-state index in [1.807, 2.05) is 141 Å². The lowest BCUT2D eigenvalue weighted by atomic mass is 9.75. The quantitative estimate of drug-likeness (QED) is 0.0214. The SMILES string of the molecule is CCCN1/C(=C/C=C2\CC(C(=O)NCCC(=O)N3Cc4ccccc4C#Cc4ccccc43)CC(/C=C/C3=[N+](CCCS(=O)(=O)O)c4ccc5ccc(S(=O)(=O)O)cc5c4C3(C)C)=C2c2ccccc2F)C(C)(C)c2cc(N(CCCS(=O)(=O)O)CCCS(=O)(=O)O)ccc21. The fourth-order valence-corrected chi connectivity index (χ4v) is 15.6. The molecule has 0 aromatic heterocycles. The molecule has 3 heterocycles. The van der Waals surface area contributed by atoms with Gasteiger partial charge in [0.05, 0.1) is 39.8 Å². The predicted octanol–water partition coefficient (Wildman–Crippen LogP) is 11.1. The van der Waals surface area contributed by atoms with Crippen molar-refractivity contribution in [2.75, 3.05) is 64.7 Å². The van der Waals surface area contributed by atoms with E-state index in [0.29, 0.717) is 74.4 Å².